The zero-order valence-electron chi connectivity index (χ0n) is 7.02. The maximum Gasteiger partial charge on any atom is 0.235 e. The monoisotopic (exact) mass is 238 g/mol. The number of hydrogen-bond acceptors (Lipinski definition) is 3. The van der Waals surface area contributed by atoms with Crippen molar-refractivity contribution in [3.05, 3.63) is 29.8 Å². The second-order valence-corrected chi connectivity index (χ2v) is 5.55. The van der Waals surface area contributed by atoms with E-state index in [1.165, 1.54) is 24.3 Å². The van der Waals surface area contributed by atoms with Gasteiger partial charge in [0.1, 0.15) is 17.7 Å². The van der Waals surface area contributed by atoms with E-state index >= 15 is 0 Å². The van der Waals surface area contributed by atoms with E-state index < -0.39 is 21.0 Å². The fraction of sp³-hybridized carbons (Fsp3) is 0.250. The molecule has 0 aliphatic rings. The highest BCUT2D eigenvalue weighted by Gasteiger charge is 2.20. The summed E-state index contributed by atoms with van der Waals surface area (Å²) in [6, 6.07) is 5.61. The van der Waals surface area contributed by atoms with Crippen LogP contribution in [-0.4, -0.2) is 19.3 Å². The van der Waals surface area contributed by atoms with Crippen LogP contribution in [0.4, 0.5) is 4.39 Å². The van der Waals surface area contributed by atoms with Gasteiger partial charge < -0.3 is 5.11 Å². The average molecular weight is 239 g/mol. The first-order valence-electron chi connectivity index (χ1n) is 3.74. The number of para-hydroxylation sites is 1. The summed E-state index contributed by atoms with van der Waals surface area (Å²) in [5, 5.41) is 9.20. The summed E-state index contributed by atoms with van der Waals surface area (Å²) >= 11 is 0. The van der Waals surface area contributed by atoms with Gasteiger partial charge in [0, 0.05) is 16.2 Å². The fourth-order valence-electron chi connectivity index (χ4n) is 1.02. The Bertz CT molecular complexity index is 418. The lowest BCUT2D eigenvalue weighted by atomic mass is 10.1. The van der Waals surface area contributed by atoms with Gasteiger partial charge in [0.25, 0.3) is 0 Å². The molecule has 1 aromatic rings. The minimum atomic E-state index is -3.90. The van der Waals surface area contributed by atoms with Gasteiger partial charge in [-0.1, -0.05) is 18.2 Å². The van der Waals surface area contributed by atoms with Crippen molar-refractivity contribution in [2.45, 2.75) is 6.17 Å². The summed E-state index contributed by atoms with van der Waals surface area (Å²) in [5.74, 6) is -1.12. The van der Waals surface area contributed by atoms with Crippen molar-refractivity contribution in [1.82, 2.24) is 0 Å². The Labute approximate surface area is 85.6 Å². The lowest BCUT2D eigenvalue weighted by Gasteiger charge is -2.07. The van der Waals surface area contributed by atoms with Crippen LogP contribution in [0.3, 0.4) is 0 Å². The maximum atomic E-state index is 13.3. The molecule has 1 unspecified atom stereocenters. The van der Waals surface area contributed by atoms with Crippen LogP contribution in [0.5, 0.6) is 5.75 Å². The Balaban J connectivity index is 2.90. The molecule has 14 heavy (non-hydrogen) atoms. The molecule has 0 aliphatic heterocycles. The highest BCUT2D eigenvalue weighted by Crippen LogP contribution is 2.28. The van der Waals surface area contributed by atoms with Gasteiger partial charge in [-0.25, -0.2) is 12.8 Å². The van der Waals surface area contributed by atoms with Crippen molar-refractivity contribution in [3.63, 3.8) is 0 Å². The lowest BCUT2D eigenvalue weighted by molar-refractivity contribution is 0.358. The summed E-state index contributed by atoms with van der Waals surface area (Å²) in [6.07, 6.45) is -1.81. The number of benzene rings is 1. The standard InChI is InChI=1S/C8H8ClFO3S/c9-14(12,13)5-7(10)6-3-1-2-4-8(6)11/h1-4,7,11H,5H2. The number of rotatable bonds is 3. The minimum Gasteiger partial charge on any atom is -0.508 e. The van der Waals surface area contributed by atoms with E-state index in [2.05, 4.69) is 0 Å². The maximum absolute atomic E-state index is 13.3. The predicted molar refractivity (Wildman–Crippen MR) is 51.6 cm³/mol. The van der Waals surface area contributed by atoms with Gasteiger partial charge in [-0.2, -0.15) is 0 Å². The first-order chi connectivity index (χ1) is 6.40. The SMILES string of the molecule is O=S(=O)(Cl)CC(F)c1ccccc1O. The molecule has 0 aliphatic carbocycles. The van der Waals surface area contributed by atoms with E-state index in [1.807, 2.05) is 0 Å². The molecule has 0 amide bonds. The highest BCUT2D eigenvalue weighted by atomic mass is 35.7. The molecule has 0 saturated heterocycles. The van der Waals surface area contributed by atoms with E-state index in [1.54, 1.807) is 0 Å². The zero-order valence-corrected chi connectivity index (χ0v) is 8.59. The largest absolute Gasteiger partial charge is 0.508 e. The third kappa shape index (κ3) is 3.16. The third-order valence-electron chi connectivity index (χ3n) is 1.62. The van der Waals surface area contributed by atoms with Gasteiger partial charge in [-0.3, -0.25) is 0 Å². The third-order valence-corrected chi connectivity index (χ3v) is 2.69. The number of aromatic hydroxyl groups is 1. The van der Waals surface area contributed by atoms with E-state index in [4.69, 9.17) is 10.7 Å². The summed E-state index contributed by atoms with van der Waals surface area (Å²) < 4.78 is 34.4. The second kappa shape index (κ2) is 4.14. The summed E-state index contributed by atoms with van der Waals surface area (Å²) in [5.41, 5.74) is -0.0725. The molecule has 6 heteroatoms. The normalized spacial score (nSPS) is 13.9. The van der Waals surface area contributed by atoms with Crippen LogP contribution < -0.4 is 0 Å². The van der Waals surface area contributed by atoms with E-state index in [9.17, 15) is 17.9 Å². The molecule has 78 valence electrons. The number of phenolic OH excluding ortho intramolecular Hbond substituents is 1. The number of alkyl halides is 1. The number of halogens is 2. The van der Waals surface area contributed by atoms with Crippen LogP contribution in [0.1, 0.15) is 11.7 Å². The van der Waals surface area contributed by atoms with Crippen LogP contribution in [0.25, 0.3) is 0 Å². The topological polar surface area (TPSA) is 54.4 Å². The summed E-state index contributed by atoms with van der Waals surface area (Å²) in [4.78, 5) is 0. The molecule has 0 saturated carbocycles. The summed E-state index contributed by atoms with van der Waals surface area (Å²) in [6.45, 7) is 0. The van der Waals surface area contributed by atoms with Crippen LogP contribution >= 0.6 is 10.7 Å². The van der Waals surface area contributed by atoms with Gasteiger partial charge in [-0.15, -0.1) is 0 Å². The van der Waals surface area contributed by atoms with E-state index in [0.29, 0.717) is 0 Å². The Morgan fingerprint density at radius 2 is 2.00 bits per heavy atom. The molecule has 0 heterocycles. The van der Waals surface area contributed by atoms with Gasteiger partial charge in [0.2, 0.25) is 9.05 Å². The zero-order chi connectivity index (χ0) is 10.8. The predicted octanol–water partition coefficient (Wildman–Crippen LogP) is 1.97. The molecule has 0 aromatic heterocycles. The molecule has 1 rings (SSSR count). The molecule has 0 spiro atoms. The first-order valence-corrected chi connectivity index (χ1v) is 6.22. The molecule has 0 bridgehead atoms. The van der Waals surface area contributed by atoms with Crippen molar-refractivity contribution >= 4 is 19.7 Å². The van der Waals surface area contributed by atoms with Crippen molar-refractivity contribution in [2.75, 3.05) is 5.75 Å². The molecule has 1 N–H and O–H groups in total. The van der Waals surface area contributed by atoms with Crippen LogP contribution in [0, 0.1) is 0 Å². The van der Waals surface area contributed by atoms with Crippen molar-refractivity contribution in [3.8, 4) is 5.75 Å². The Morgan fingerprint density at radius 1 is 1.43 bits per heavy atom. The Morgan fingerprint density at radius 3 is 2.50 bits per heavy atom. The van der Waals surface area contributed by atoms with E-state index in [-0.39, 0.29) is 11.3 Å². The molecule has 1 aromatic carbocycles. The van der Waals surface area contributed by atoms with Crippen molar-refractivity contribution < 1.29 is 17.9 Å². The number of phenols is 1. The van der Waals surface area contributed by atoms with Crippen molar-refractivity contribution in [1.29, 1.82) is 0 Å². The second-order valence-electron chi connectivity index (χ2n) is 2.73. The van der Waals surface area contributed by atoms with Gasteiger partial charge in [0.15, 0.2) is 0 Å². The molecular weight excluding hydrogens is 231 g/mol. The summed E-state index contributed by atoms with van der Waals surface area (Å²) in [7, 11) is 0.979. The first kappa shape index (κ1) is 11.3. The molecule has 0 radical (unpaired) electrons. The molecular formula is C8H8ClFO3S. The lowest BCUT2D eigenvalue weighted by Crippen LogP contribution is -2.05. The quantitative estimate of drug-likeness (QED) is 0.820. The number of hydrogen-bond donors (Lipinski definition) is 1. The van der Waals surface area contributed by atoms with Crippen LogP contribution in [0.2, 0.25) is 0 Å². The van der Waals surface area contributed by atoms with Crippen molar-refractivity contribution in [2.24, 2.45) is 0 Å². The Hall–Kier alpha value is -0.810. The fourth-order valence-corrected chi connectivity index (χ4v) is 1.88. The molecule has 1 atom stereocenters. The Kier molecular flexibility index (Phi) is 3.34. The van der Waals surface area contributed by atoms with Gasteiger partial charge in [-0.05, 0) is 6.07 Å². The minimum absolute atomic E-state index is 0.0725. The van der Waals surface area contributed by atoms with Crippen LogP contribution in [0.15, 0.2) is 24.3 Å². The van der Waals surface area contributed by atoms with Gasteiger partial charge >= 0.3 is 0 Å². The average Bonchev–Trinajstić information content (AvgIpc) is 2.01. The molecule has 0 fully saturated rings. The molecule has 3 nitrogen and oxygen atoms in total. The smallest absolute Gasteiger partial charge is 0.235 e. The highest BCUT2D eigenvalue weighted by molar-refractivity contribution is 8.13. The van der Waals surface area contributed by atoms with Crippen LogP contribution in [-0.2, 0) is 9.05 Å². The van der Waals surface area contributed by atoms with Gasteiger partial charge in [0.05, 0.1) is 0 Å². The van der Waals surface area contributed by atoms with E-state index in [0.717, 1.165) is 0 Å².